The Labute approximate surface area is 133 Å². The lowest BCUT2D eigenvalue weighted by Crippen LogP contribution is -2.34. The highest BCUT2D eigenvalue weighted by atomic mass is 79.9. The predicted molar refractivity (Wildman–Crippen MR) is 87.2 cm³/mol. The quantitative estimate of drug-likeness (QED) is 0.842. The van der Waals surface area contributed by atoms with Crippen molar-refractivity contribution in [2.75, 3.05) is 18.0 Å². The molecule has 2 aromatic rings. The van der Waals surface area contributed by atoms with Crippen LogP contribution in [0.3, 0.4) is 0 Å². The Morgan fingerprint density at radius 1 is 1.33 bits per heavy atom. The number of aromatic nitrogens is 3. The van der Waals surface area contributed by atoms with Gasteiger partial charge in [-0.3, -0.25) is 0 Å². The average molecular weight is 350 g/mol. The Morgan fingerprint density at radius 2 is 2.24 bits per heavy atom. The van der Waals surface area contributed by atoms with Crippen LogP contribution in [0.1, 0.15) is 24.7 Å². The summed E-state index contributed by atoms with van der Waals surface area (Å²) >= 11 is 3.59. The number of nitrogens with zero attached hydrogens (tertiary/aromatic N) is 4. The zero-order valence-corrected chi connectivity index (χ0v) is 13.8. The molecule has 0 atom stereocenters. The first-order valence-electron chi connectivity index (χ1n) is 7.38. The van der Waals surface area contributed by atoms with Crippen LogP contribution >= 0.6 is 15.9 Å². The van der Waals surface area contributed by atoms with Gasteiger partial charge in [0.15, 0.2) is 5.82 Å². The first-order valence-corrected chi connectivity index (χ1v) is 8.18. The number of hydrogen-bond donors (Lipinski definition) is 1. The lowest BCUT2D eigenvalue weighted by Gasteiger charge is -2.31. The van der Waals surface area contributed by atoms with Crippen molar-refractivity contribution in [1.29, 1.82) is 0 Å². The minimum atomic E-state index is 0.817. The first-order chi connectivity index (χ1) is 10.3. The van der Waals surface area contributed by atoms with Crippen molar-refractivity contribution < 1.29 is 0 Å². The Hall–Kier alpha value is -1.40. The molecule has 0 saturated carbocycles. The fourth-order valence-electron chi connectivity index (χ4n) is 2.65. The van der Waals surface area contributed by atoms with E-state index in [-0.39, 0.29) is 0 Å². The van der Waals surface area contributed by atoms with E-state index in [9.17, 15) is 0 Å². The molecule has 112 valence electrons. The number of benzene rings is 1. The zero-order chi connectivity index (χ0) is 14.7. The largest absolute Gasteiger partial charge is 0.362 e. The normalized spacial score (nSPS) is 14.3. The monoisotopic (exact) mass is 349 g/mol. The summed E-state index contributed by atoms with van der Waals surface area (Å²) in [5.74, 6) is 1.04. The summed E-state index contributed by atoms with van der Waals surface area (Å²) < 4.78 is 3.24. The third-order valence-electron chi connectivity index (χ3n) is 3.77. The molecule has 5 nitrogen and oxygen atoms in total. The molecule has 21 heavy (non-hydrogen) atoms. The van der Waals surface area contributed by atoms with Crippen molar-refractivity contribution in [2.45, 2.75) is 33.0 Å². The van der Waals surface area contributed by atoms with E-state index in [0.717, 1.165) is 49.4 Å². The van der Waals surface area contributed by atoms with E-state index in [4.69, 9.17) is 0 Å². The molecule has 0 spiro atoms. The number of rotatable bonds is 5. The van der Waals surface area contributed by atoms with Crippen LogP contribution in [0, 0.1) is 0 Å². The van der Waals surface area contributed by atoms with Gasteiger partial charge in [-0.2, -0.15) is 0 Å². The molecule has 0 bridgehead atoms. The third-order valence-corrected chi connectivity index (χ3v) is 4.26. The Kier molecular flexibility index (Phi) is 4.55. The molecule has 3 rings (SSSR count). The molecule has 0 fully saturated rings. The summed E-state index contributed by atoms with van der Waals surface area (Å²) in [7, 11) is 0. The van der Waals surface area contributed by atoms with Gasteiger partial charge in [-0.1, -0.05) is 28.9 Å². The topological polar surface area (TPSA) is 46.0 Å². The number of anilines is 1. The van der Waals surface area contributed by atoms with Crippen molar-refractivity contribution in [3.05, 3.63) is 40.4 Å². The van der Waals surface area contributed by atoms with Crippen LogP contribution in [-0.2, 0) is 19.6 Å². The molecule has 0 aliphatic carbocycles. The van der Waals surface area contributed by atoms with Crippen LogP contribution in [0.25, 0.3) is 0 Å². The average Bonchev–Trinajstić information content (AvgIpc) is 2.96. The van der Waals surface area contributed by atoms with E-state index in [1.165, 1.54) is 11.3 Å². The fraction of sp³-hybridized carbons (Fsp3) is 0.467. The van der Waals surface area contributed by atoms with Gasteiger partial charge in [0.05, 0.1) is 6.54 Å². The molecular weight excluding hydrogens is 330 g/mol. The van der Waals surface area contributed by atoms with Gasteiger partial charge in [-0.15, -0.1) is 10.2 Å². The summed E-state index contributed by atoms with van der Waals surface area (Å²) in [5.41, 5.74) is 2.61. The van der Waals surface area contributed by atoms with E-state index >= 15 is 0 Å². The van der Waals surface area contributed by atoms with Gasteiger partial charge in [0.25, 0.3) is 0 Å². The second-order valence-corrected chi connectivity index (χ2v) is 6.23. The van der Waals surface area contributed by atoms with Crippen LogP contribution in [0.2, 0.25) is 0 Å². The maximum atomic E-state index is 4.20. The standard InChI is InChI=1S/C15H20BrN5/c1-2-5-17-9-12-3-4-13(16)8-14(12)20-6-7-21-11-18-19-15(21)10-20/h3-4,8,11,17H,2,5-7,9-10H2,1H3. The molecule has 0 amide bonds. The Morgan fingerprint density at radius 3 is 3.10 bits per heavy atom. The Balaban J connectivity index is 1.82. The smallest absolute Gasteiger partial charge is 0.152 e. The van der Waals surface area contributed by atoms with Crippen molar-refractivity contribution in [1.82, 2.24) is 20.1 Å². The third kappa shape index (κ3) is 3.27. The minimum absolute atomic E-state index is 0.817. The van der Waals surface area contributed by atoms with Crippen LogP contribution < -0.4 is 10.2 Å². The van der Waals surface area contributed by atoms with Crippen molar-refractivity contribution in [2.24, 2.45) is 0 Å². The molecule has 1 N–H and O–H groups in total. The van der Waals surface area contributed by atoms with Crippen LogP contribution in [0.15, 0.2) is 29.0 Å². The van der Waals surface area contributed by atoms with Gasteiger partial charge in [0.2, 0.25) is 0 Å². The van der Waals surface area contributed by atoms with Crippen LogP contribution in [0.4, 0.5) is 5.69 Å². The number of halogens is 1. The summed E-state index contributed by atoms with van der Waals surface area (Å²) in [6.45, 7) is 6.88. The lowest BCUT2D eigenvalue weighted by molar-refractivity contribution is 0.557. The van der Waals surface area contributed by atoms with E-state index in [2.05, 4.69) is 66.0 Å². The van der Waals surface area contributed by atoms with Gasteiger partial charge in [-0.25, -0.2) is 0 Å². The van der Waals surface area contributed by atoms with Gasteiger partial charge in [-0.05, 0) is 30.7 Å². The van der Waals surface area contributed by atoms with Crippen molar-refractivity contribution in [3.8, 4) is 0 Å². The maximum Gasteiger partial charge on any atom is 0.152 e. The number of hydrogen-bond acceptors (Lipinski definition) is 4. The molecule has 0 unspecified atom stereocenters. The number of nitrogens with one attached hydrogen (secondary N) is 1. The van der Waals surface area contributed by atoms with Crippen molar-refractivity contribution >= 4 is 21.6 Å². The summed E-state index contributed by atoms with van der Waals surface area (Å²) in [5, 5.41) is 11.7. The molecule has 6 heteroatoms. The first kappa shape index (κ1) is 14.5. The van der Waals surface area contributed by atoms with E-state index in [1.54, 1.807) is 0 Å². The van der Waals surface area contributed by atoms with Gasteiger partial charge in [0, 0.05) is 29.8 Å². The summed E-state index contributed by atoms with van der Waals surface area (Å²) in [6, 6.07) is 6.51. The zero-order valence-electron chi connectivity index (χ0n) is 12.2. The molecular formula is C15H20BrN5. The van der Waals surface area contributed by atoms with Gasteiger partial charge < -0.3 is 14.8 Å². The second-order valence-electron chi connectivity index (χ2n) is 5.31. The Bertz CT molecular complexity index is 610. The molecule has 0 saturated heterocycles. The molecule has 1 aromatic carbocycles. The maximum absolute atomic E-state index is 4.20. The molecule has 1 aliphatic heterocycles. The van der Waals surface area contributed by atoms with Gasteiger partial charge in [0.1, 0.15) is 6.33 Å². The molecule has 1 aliphatic rings. The fourth-order valence-corrected chi connectivity index (χ4v) is 3.00. The van der Waals surface area contributed by atoms with E-state index in [1.807, 2.05) is 6.33 Å². The highest BCUT2D eigenvalue weighted by Crippen LogP contribution is 2.28. The van der Waals surface area contributed by atoms with Gasteiger partial charge >= 0.3 is 0 Å². The molecule has 2 heterocycles. The van der Waals surface area contributed by atoms with E-state index < -0.39 is 0 Å². The highest BCUT2D eigenvalue weighted by Gasteiger charge is 2.19. The predicted octanol–water partition coefficient (Wildman–Crippen LogP) is 2.56. The second kappa shape index (κ2) is 6.58. The van der Waals surface area contributed by atoms with Crippen LogP contribution in [-0.4, -0.2) is 27.9 Å². The van der Waals surface area contributed by atoms with Crippen LogP contribution in [0.5, 0.6) is 0 Å². The molecule has 0 radical (unpaired) electrons. The number of fused-ring (bicyclic) bond motifs is 1. The minimum Gasteiger partial charge on any atom is -0.362 e. The van der Waals surface area contributed by atoms with Crippen molar-refractivity contribution in [3.63, 3.8) is 0 Å². The lowest BCUT2D eigenvalue weighted by atomic mass is 10.1. The highest BCUT2D eigenvalue weighted by molar-refractivity contribution is 9.10. The SMILES string of the molecule is CCCNCc1ccc(Br)cc1N1CCn2cnnc2C1. The summed E-state index contributed by atoms with van der Waals surface area (Å²) in [6.07, 6.45) is 2.97. The summed E-state index contributed by atoms with van der Waals surface area (Å²) in [4.78, 5) is 2.39. The molecule has 1 aromatic heterocycles. The van der Waals surface area contributed by atoms with E-state index in [0.29, 0.717) is 0 Å².